The Morgan fingerprint density at radius 2 is 1.50 bits per heavy atom. The van der Waals surface area contributed by atoms with Gasteiger partial charge in [0.2, 0.25) is 5.91 Å². The number of pyridine rings is 1. The normalized spacial score (nSPS) is 12.8. The minimum absolute atomic E-state index is 0.0473. The molecule has 36 heavy (non-hydrogen) atoms. The highest BCUT2D eigenvalue weighted by atomic mass is 16.5. The Morgan fingerprint density at radius 1 is 0.861 bits per heavy atom. The van der Waals surface area contributed by atoms with Crippen molar-refractivity contribution in [1.82, 2.24) is 5.32 Å². The van der Waals surface area contributed by atoms with Gasteiger partial charge in [0.1, 0.15) is 25.4 Å². The molecule has 1 aliphatic carbocycles. The maximum absolute atomic E-state index is 13.2. The molecule has 0 radical (unpaired) electrons. The van der Waals surface area contributed by atoms with Crippen LogP contribution in [-0.4, -0.2) is 24.6 Å². The molecule has 4 aromatic rings. The number of benzene rings is 3. The van der Waals surface area contributed by atoms with Crippen molar-refractivity contribution >= 4 is 17.7 Å². The van der Waals surface area contributed by atoms with Crippen LogP contribution in [0.4, 0.5) is 10.5 Å². The van der Waals surface area contributed by atoms with Crippen LogP contribution in [0.15, 0.2) is 103 Å². The molecule has 0 fully saturated rings. The standard InChI is InChI=1S/C30H27N3O3/c1-33-17-9-12-22(19-33)31-29(34)28(18-21-10-3-2-4-11-21)32-30(35)36-20-27-25-15-7-5-13-23(25)24-14-6-8-16-26(24)27/h2-17,19,27-28H,18,20H2,1H3,(H-,31,32,34,35)/p+1. The van der Waals surface area contributed by atoms with Crippen molar-refractivity contribution in [3.8, 4) is 11.1 Å². The lowest BCUT2D eigenvalue weighted by Gasteiger charge is -2.20. The molecule has 2 N–H and O–H groups in total. The van der Waals surface area contributed by atoms with E-state index in [-0.39, 0.29) is 18.4 Å². The van der Waals surface area contributed by atoms with E-state index in [9.17, 15) is 9.59 Å². The van der Waals surface area contributed by atoms with Gasteiger partial charge in [-0.1, -0.05) is 78.9 Å². The van der Waals surface area contributed by atoms with Gasteiger partial charge < -0.3 is 15.4 Å². The third-order valence-corrected chi connectivity index (χ3v) is 6.44. The second-order valence-electron chi connectivity index (χ2n) is 8.96. The Hall–Kier alpha value is -4.45. The molecule has 1 unspecified atom stereocenters. The largest absolute Gasteiger partial charge is 0.449 e. The third-order valence-electron chi connectivity index (χ3n) is 6.44. The Balaban J connectivity index is 1.29. The number of aromatic nitrogens is 1. The first-order valence-corrected chi connectivity index (χ1v) is 12.0. The zero-order valence-electron chi connectivity index (χ0n) is 20.1. The molecule has 6 heteroatoms. The van der Waals surface area contributed by atoms with Crippen molar-refractivity contribution in [3.63, 3.8) is 0 Å². The van der Waals surface area contributed by atoms with Gasteiger partial charge in [0.05, 0.1) is 0 Å². The lowest BCUT2D eigenvalue weighted by atomic mass is 9.98. The fourth-order valence-corrected chi connectivity index (χ4v) is 4.73. The number of rotatable bonds is 7. The van der Waals surface area contributed by atoms with E-state index in [0.717, 1.165) is 16.7 Å². The predicted molar refractivity (Wildman–Crippen MR) is 138 cm³/mol. The van der Waals surface area contributed by atoms with E-state index in [4.69, 9.17) is 4.74 Å². The second kappa shape index (κ2) is 10.4. The number of nitrogens with zero attached hydrogens (tertiary/aromatic N) is 1. The molecule has 1 aliphatic rings. The molecule has 180 valence electrons. The smallest absolute Gasteiger partial charge is 0.407 e. The second-order valence-corrected chi connectivity index (χ2v) is 8.96. The summed E-state index contributed by atoms with van der Waals surface area (Å²) in [7, 11) is 1.88. The Morgan fingerprint density at radius 3 is 2.17 bits per heavy atom. The monoisotopic (exact) mass is 478 g/mol. The van der Waals surface area contributed by atoms with Crippen LogP contribution in [0.5, 0.6) is 0 Å². The summed E-state index contributed by atoms with van der Waals surface area (Å²) in [4.78, 5) is 26.1. The zero-order valence-corrected chi connectivity index (χ0v) is 20.1. The van der Waals surface area contributed by atoms with Crippen molar-refractivity contribution in [3.05, 3.63) is 120 Å². The van der Waals surface area contributed by atoms with Crippen LogP contribution < -0.4 is 15.2 Å². The molecule has 0 saturated carbocycles. The summed E-state index contributed by atoms with van der Waals surface area (Å²) in [6.45, 7) is 0.189. The van der Waals surface area contributed by atoms with Gasteiger partial charge >= 0.3 is 6.09 Å². The topological polar surface area (TPSA) is 71.3 Å². The number of alkyl carbamates (subject to hydrolysis) is 1. The SMILES string of the molecule is C[n+]1cccc(NC(=O)C(Cc2ccccc2)NC(=O)OCC2c3ccccc3-c3ccccc32)c1. The van der Waals surface area contributed by atoms with Crippen molar-refractivity contribution in [2.24, 2.45) is 7.05 Å². The maximum Gasteiger partial charge on any atom is 0.407 e. The molecule has 0 bridgehead atoms. The van der Waals surface area contributed by atoms with E-state index >= 15 is 0 Å². The van der Waals surface area contributed by atoms with Crippen LogP contribution >= 0.6 is 0 Å². The molecular weight excluding hydrogens is 450 g/mol. The minimum Gasteiger partial charge on any atom is -0.449 e. The highest BCUT2D eigenvalue weighted by molar-refractivity contribution is 5.96. The van der Waals surface area contributed by atoms with Crippen molar-refractivity contribution in [1.29, 1.82) is 0 Å². The first kappa shape index (κ1) is 23.3. The summed E-state index contributed by atoms with van der Waals surface area (Å²) in [5.41, 5.74) is 6.20. The molecule has 0 saturated heterocycles. The molecule has 0 spiro atoms. The zero-order chi connectivity index (χ0) is 24.9. The van der Waals surface area contributed by atoms with Crippen molar-refractivity contribution in [2.45, 2.75) is 18.4 Å². The lowest BCUT2D eigenvalue weighted by Crippen LogP contribution is -2.46. The fourth-order valence-electron chi connectivity index (χ4n) is 4.73. The molecule has 5 rings (SSSR count). The van der Waals surface area contributed by atoms with E-state index in [1.807, 2.05) is 90.7 Å². The molecule has 0 aliphatic heterocycles. The molecule has 2 amide bonds. The molecule has 1 atom stereocenters. The molecule has 1 aromatic heterocycles. The third kappa shape index (κ3) is 5.13. The highest BCUT2D eigenvalue weighted by Gasteiger charge is 2.30. The number of nitrogens with one attached hydrogen (secondary N) is 2. The molecule has 3 aromatic carbocycles. The fraction of sp³-hybridized carbons (Fsp3) is 0.167. The number of hydrogen-bond acceptors (Lipinski definition) is 3. The Labute approximate surface area is 210 Å². The van der Waals surface area contributed by atoms with E-state index in [1.165, 1.54) is 11.1 Å². The number of aryl methyl sites for hydroxylation is 1. The highest BCUT2D eigenvalue weighted by Crippen LogP contribution is 2.44. The van der Waals surface area contributed by atoms with Crippen LogP contribution in [0.1, 0.15) is 22.6 Å². The van der Waals surface area contributed by atoms with Gasteiger partial charge in [0, 0.05) is 18.4 Å². The van der Waals surface area contributed by atoms with Gasteiger partial charge in [0.25, 0.3) is 0 Å². The number of amides is 2. The van der Waals surface area contributed by atoms with E-state index < -0.39 is 12.1 Å². The number of anilines is 1. The van der Waals surface area contributed by atoms with Crippen LogP contribution in [0.25, 0.3) is 11.1 Å². The predicted octanol–water partition coefficient (Wildman–Crippen LogP) is 4.60. The van der Waals surface area contributed by atoms with Gasteiger partial charge in [-0.25, -0.2) is 9.36 Å². The number of carbonyl (C=O) groups excluding carboxylic acids is 2. The number of ether oxygens (including phenoxy) is 1. The van der Waals surface area contributed by atoms with Crippen LogP contribution in [0, 0.1) is 0 Å². The van der Waals surface area contributed by atoms with Gasteiger partial charge in [-0.15, -0.1) is 0 Å². The van der Waals surface area contributed by atoms with Gasteiger partial charge in [-0.05, 0) is 33.9 Å². The first-order chi connectivity index (χ1) is 17.6. The van der Waals surface area contributed by atoms with Gasteiger partial charge in [-0.3, -0.25) is 4.79 Å². The van der Waals surface area contributed by atoms with Gasteiger partial charge in [0.15, 0.2) is 12.4 Å². The average molecular weight is 479 g/mol. The summed E-state index contributed by atoms with van der Waals surface area (Å²) >= 11 is 0. The quantitative estimate of drug-likeness (QED) is 0.382. The van der Waals surface area contributed by atoms with Crippen molar-refractivity contribution < 1.29 is 18.9 Å². The summed E-state index contributed by atoms with van der Waals surface area (Å²) in [5, 5.41) is 5.69. The summed E-state index contributed by atoms with van der Waals surface area (Å²) in [5.74, 6) is -0.354. The van der Waals surface area contributed by atoms with Gasteiger partial charge in [-0.2, -0.15) is 0 Å². The van der Waals surface area contributed by atoms with E-state index in [2.05, 4.69) is 34.9 Å². The molecule has 1 heterocycles. The minimum atomic E-state index is -0.798. The maximum atomic E-state index is 13.2. The van der Waals surface area contributed by atoms with Crippen molar-refractivity contribution in [2.75, 3.05) is 11.9 Å². The average Bonchev–Trinajstić information content (AvgIpc) is 3.21. The van der Waals surface area contributed by atoms with E-state index in [0.29, 0.717) is 12.1 Å². The van der Waals surface area contributed by atoms with E-state index in [1.54, 1.807) is 0 Å². The van der Waals surface area contributed by atoms with Crippen LogP contribution in [0.3, 0.4) is 0 Å². The first-order valence-electron chi connectivity index (χ1n) is 12.0. The summed E-state index contributed by atoms with van der Waals surface area (Å²) < 4.78 is 7.54. The molecular formula is C30H28N3O3+. The van der Waals surface area contributed by atoms with Crippen LogP contribution in [0.2, 0.25) is 0 Å². The Bertz CT molecular complexity index is 1340. The number of fused-ring (bicyclic) bond motifs is 3. The molecule has 6 nitrogen and oxygen atoms in total. The number of hydrogen-bond donors (Lipinski definition) is 2. The summed E-state index contributed by atoms with van der Waals surface area (Å²) in [6.07, 6.45) is 3.42. The van der Waals surface area contributed by atoms with Crippen LogP contribution in [-0.2, 0) is 23.0 Å². The Kier molecular flexibility index (Phi) is 6.76. The lowest BCUT2D eigenvalue weighted by molar-refractivity contribution is -0.670. The number of carbonyl (C=O) groups is 2. The summed E-state index contributed by atoms with van der Waals surface area (Å²) in [6, 6.07) is 28.9.